The lowest BCUT2D eigenvalue weighted by atomic mass is 9.77. The molecule has 0 aliphatic heterocycles. The summed E-state index contributed by atoms with van der Waals surface area (Å²) < 4.78 is 5.97. The minimum Gasteiger partial charge on any atom is -0.458 e. The van der Waals surface area contributed by atoms with E-state index < -0.39 is 5.60 Å². The maximum atomic E-state index is 11.3. The van der Waals surface area contributed by atoms with Crippen LogP contribution in [0.1, 0.15) is 35.3 Å². The van der Waals surface area contributed by atoms with Crippen molar-refractivity contribution in [2.24, 2.45) is 0 Å². The molecule has 0 amide bonds. The average molecular weight is 278 g/mol. The summed E-state index contributed by atoms with van der Waals surface area (Å²) in [5.41, 5.74) is 3.26. The molecule has 2 nitrogen and oxygen atoms in total. The normalized spacial score (nSPS) is 21.4. The van der Waals surface area contributed by atoms with E-state index in [1.807, 2.05) is 36.4 Å². The highest BCUT2D eigenvalue weighted by Crippen LogP contribution is 2.42. The number of aryl methyl sites for hydroxylation is 2. The van der Waals surface area contributed by atoms with E-state index in [0.717, 1.165) is 29.4 Å². The van der Waals surface area contributed by atoms with Crippen LogP contribution in [0, 0.1) is 6.92 Å². The standard InChI is InChI=1S/C19H18O2/c1-13-8-9-17-15(11-13)12-18(21-17)19(20)10-4-6-14-5-2-3-7-16(14)19/h2-3,5,7-9,11-12,20H,4,6,10H2,1H3. The third-order valence-corrected chi connectivity index (χ3v) is 4.53. The smallest absolute Gasteiger partial charge is 0.147 e. The van der Waals surface area contributed by atoms with Gasteiger partial charge in [-0.1, -0.05) is 35.9 Å². The second kappa shape index (κ2) is 4.47. The molecule has 0 fully saturated rings. The fraction of sp³-hybridized carbons (Fsp3) is 0.263. The zero-order chi connectivity index (χ0) is 14.4. The van der Waals surface area contributed by atoms with E-state index >= 15 is 0 Å². The van der Waals surface area contributed by atoms with E-state index in [1.165, 1.54) is 11.1 Å². The number of benzene rings is 2. The van der Waals surface area contributed by atoms with Crippen molar-refractivity contribution in [3.8, 4) is 0 Å². The van der Waals surface area contributed by atoms with E-state index in [4.69, 9.17) is 4.42 Å². The summed E-state index contributed by atoms with van der Waals surface area (Å²) in [6.45, 7) is 2.07. The molecule has 3 aromatic rings. The van der Waals surface area contributed by atoms with Crippen molar-refractivity contribution >= 4 is 11.0 Å². The number of hydrogen-bond acceptors (Lipinski definition) is 2. The number of hydrogen-bond donors (Lipinski definition) is 1. The van der Waals surface area contributed by atoms with Gasteiger partial charge in [-0.25, -0.2) is 0 Å². The van der Waals surface area contributed by atoms with E-state index in [0.29, 0.717) is 12.2 Å². The second-order valence-electron chi connectivity index (χ2n) is 6.02. The summed E-state index contributed by atoms with van der Waals surface area (Å²) in [5, 5.41) is 12.3. The number of furan rings is 1. The van der Waals surface area contributed by atoms with Crippen molar-refractivity contribution in [3.05, 3.63) is 71.0 Å². The molecule has 0 spiro atoms. The molecule has 0 saturated carbocycles. The fourth-order valence-corrected chi connectivity index (χ4v) is 3.43. The molecular formula is C19H18O2. The van der Waals surface area contributed by atoms with Gasteiger partial charge in [0.2, 0.25) is 0 Å². The number of fused-ring (bicyclic) bond motifs is 2. The molecule has 0 saturated heterocycles. The summed E-state index contributed by atoms with van der Waals surface area (Å²) in [5.74, 6) is 0.662. The van der Waals surface area contributed by atoms with E-state index in [2.05, 4.69) is 19.1 Å². The van der Waals surface area contributed by atoms with Crippen LogP contribution in [-0.2, 0) is 12.0 Å². The summed E-state index contributed by atoms with van der Waals surface area (Å²) in [6, 6.07) is 16.2. The molecule has 106 valence electrons. The van der Waals surface area contributed by atoms with Gasteiger partial charge in [-0.3, -0.25) is 0 Å². The average Bonchev–Trinajstić information content (AvgIpc) is 2.91. The van der Waals surface area contributed by atoms with Gasteiger partial charge in [-0.05, 0) is 55.5 Å². The maximum absolute atomic E-state index is 11.3. The van der Waals surface area contributed by atoms with E-state index in [9.17, 15) is 5.11 Å². The SMILES string of the molecule is Cc1ccc2oc(C3(O)CCCc4ccccc43)cc2c1. The highest BCUT2D eigenvalue weighted by atomic mass is 16.4. The quantitative estimate of drug-likeness (QED) is 0.719. The van der Waals surface area contributed by atoms with Crippen molar-refractivity contribution in [2.75, 3.05) is 0 Å². The van der Waals surface area contributed by atoms with Crippen molar-refractivity contribution in [2.45, 2.75) is 31.8 Å². The summed E-state index contributed by atoms with van der Waals surface area (Å²) in [7, 11) is 0. The first-order valence-corrected chi connectivity index (χ1v) is 7.48. The zero-order valence-corrected chi connectivity index (χ0v) is 12.1. The van der Waals surface area contributed by atoms with Gasteiger partial charge in [0.1, 0.15) is 16.9 Å². The number of rotatable bonds is 1. The van der Waals surface area contributed by atoms with Crippen LogP contribution in [-0.4, -0.2) is 5.11 Å². The molecule has 2 heteroatoms. The molecule has 21 heavy (non-hydrogen) atoms. The molecule has 1 heterocycles. The fourth-order valence-electron chi connectivity index (χ4n) is 3.43. The Hall–Kier alpha value is -2.06. The number of aliphatic hydroxyl groups is 1. The minimum atomic E-state index is -0.998. The molecule has 1 aliphatic carbocycles. The summed E-state index contributed by atoms with van der Waals surface area (Å²) in [4.78, 5) is 0. The second-order valence-corrected chi connectivity index (χ2v) is 6.02. The molecule has 1 aromatic heterocycles. The molecular weight excluding hydrogens is 260 g/mol. The predicted octanol–water partition coefficient (Wildman–Crippen LogP) is 4.31. The Balaban J connectivity index is 1.91. The Morgan fingerprint density at radius 3 is 2.86 bits per heavy atom. The monoisotopic (exact) mass is 278 g/mol. The molecule has 1 aliphatic rings. The topological polar surface area (TPSA) is 33.4 Å². The molecule has 1 unspecified atom stereocenters. The van der Waals surface area contributed by atoms with E-state index in [-0.39, 0.29) is 0 Å². The van der Waals surface area contributed by atoms with Gasteiger partial charge in [0, 0.05) is 5.39 Å². The molecule has 0 radical (unpaired) electrons. The van der Waals surface area contributed by atoms with Gasteiger partial charge in [0.05, 0.1) is 0 Å². The highest BCUT2D eigenvalue weighted by Gasteiger charge is 2.38. The van der Waals surface area contributed by atoms with Crippen LogP contribution < -0.4 is 0 Å². The first-order chi connectivity index (χ1) is 10.2. The van der Waals surface area contributed by atoms with Crippen LogP contribution in [0.25, 0.3) is 11.0 Å². The highest BCUT2D eigenvalue weighted by molar-refractivity contribution is 5.79. The van der Waals surface area contributed by atoms with Crippen LogP contribution >= 0.6 is 0 Å². The van der Waals surface area contributed by atoms with Gasteiger partial charge in [0.15, 0.2) is 0 Å². The van der Waals surface area contributed by atoms with Crippen molar-refractivity contribution in [1.82, 2.24) is 0 Å². The lowest BCUT2D eigenvalue weighted by Gasteiger charge is -2.32. The molecule has 4 rings (SSSR count). The minimum absolute atomic E-state index is 0.662. The van der Waals surface area contributed by atoms with Crippen LogP contribution in [0.3, 0.4) is 0 Å². The van der Waals surface area contributed by atoms with Crippen molar-refractivity contribution in [3.63, 3.8) is 0 Å². The van der Waals surface area contributed by atoms with Crippen molar-refractivity contribution < 1.29 is 9.52 Å². The summed E-state index contributed by atoms with van der Waals surface area (Å²) >= 11 is 0. The lowest BCUT2D eigenvalue weighted by Crippen LogP contribution is -2.31. The van der Waals surface area contributed by atoms with Crippen LogP contribution in [0.5, 0.6) is 0 Å². The van der Waals surface area contributed by atoms with Gasteiger partial charge < -0.3 is 9.52 Å². The largest absolute Gasteiger partial charge is 0.458 e. The van der Waals surface area contributed by atoms with Gasteiger partial charge >= 0.3 is 0 Å². The Labute approximate surface area is 124 Å². The Kier molecular flexibility index (Phi) is 2.69. The first-order valence-electron chi connectivity index (χ1n) is 7.48. The predicted molar refractivity (Wildman–Crippen MR) is 83.3 cm³/mol. The van der Waals surface area contributed by atoms with Crippen LogP contribution in [0.15, 0.2) is 52.9 Å². The Morgan fingerprint density at radius 1 is 1.10 bits per heavy atom. The zero-order valence-electron chi connectivity index (χ0n) is 12.1. The van der Waals surface area contributed by atoms with Crippen LogP contribution in [0.4, 0.5) is 0 Å². The Bertz CT molecular complexity index is 815. The van der Waals surface area contributed by atoms with Crippen molar-refractivity contribution in [1.29, 1.82) is 0 Å². The van der Waals surface area contributed by atoms with Crippen LogP contribution in [0.2, 0.25) is 0 Å². The summed E-state index contributed by atoms with van der Waals surface area (Å²) in [6.07, 6.45) is 2.71. The van der Waals surface area contributed by atoms with Gasteiger partial charge in [0.25, 0.3) is 0 Å². The molecule has 1 atom stereocenters. The molecule has 0 bridgehead atoms. The molecule has 1 N–H and O–H groups in total. The third kappa shape index (κ3) is 1.90. The van der Waals surface area contributed by atoms with E-state index in [1.54, 1.807) is 0 Å². The maximum Gasteiger partial charge on any atom is 0.147 e. The lowest BCUT2D eigenvalue weighted by molar-refractivity contribution is 0.0406. The molecule has 2 aromatic carbocycles. The van der Waals surface area contributed by atoms with Gasteiger partial charge in [-0.15, -0.1) is 0 Å². The first kappa shape index (κ1) is 12.7. The Morgan fingerprint density at radius 2 is 1.95 bits per heavy atom. The third-order valence-electron chi connectivity index (χ3n) is 4.53. The van der Waals surface area contributed by atoms with Gasteiger partial charge in [-0.2, -0.15) is 0 Å².